The summed E-state index contributed by atoms with van der Waals surface area (Å²) in [6.07, 6.45) is -0.191. The number of alkyl carbamates (subject to hydrolysis) is 2. The van der Waals surface area contributed by atoms with Gasteiger partial charge in [-0.15, -0.1) is 0 Å². The lowest BCUT2D eigenvalue weighted by molar-refractivity contribution is 0.0498. The van der Waals surface area contributed by atoms with E-state index in [1.165, 1.54) is 12.1 Å². The van der Waals surface area contributed by atoms with Crippen molar-refractivity contribution in [3.05, 3.63) is 90.0 Å². The Morgan fingerprint density at radius 3 is 2.34 bits per heavy atom. The molecule has 1 aromatic heterocycles. The zero-order valence-corrected chi connectivity index (χ0v) is 25.4. The Morgan fingerprint density at radius 2 is 1.64 bits per heavy atom. The van der Waals surface area contributed by atoms with Gasteiger partial charge in [-0.1, -0.05) is 48.5 Å². The fourth-order valence-electron chi connectivity index (χ4n) is 4.53. The highest BCUT2D eigenvalue weighted by atomic mass is 19.1. The van der Waals surface area contributed by atoms with Crippen LogP contribution in [0.2, 0.25) is 0 Å². The van der Waals surface area contributed by atoms with Crippen LogP contribution in [0, 0.1) is 5.82 Å². The van der Waals surface area contributed by atoms with E-state index in [9.17, 15) is 18.8 Å². The maximum Gasteiger partial charge on any atom is 0.407 e. The van der Waals surface area contributed by atoms with Gasteiger partial charge in [-0.05, 0) is 74.6 Å². The van der Waals surface area contributed by atoms with Crippen molar-refractivity contribution >= 4 is 29.1 Å². The van der Waals surface area contributed by atoms with Gasteiger partial charge in [0.25, 0.3) is 5.91 Å². The molecule has 3 amide bonds. The van der Waals surface area contributed by atoms with E-state index in [2.05, 4.69) is 20.9 Å². The van der Waals surface area contributed by atoms with Crippen molar-refractivity contribution in [3.63, 3.8) is 0 Å². The van der Waals surface area contributed by atoms with Crippen LogP contribution in [-0.4, -0.2) is 52.4 Å². The van der Waals surface area contributed by atoms with E-state index in [1.54, 1.807) is 44.5 Å². The molecule has 0 radical (unpaired) electrons. The number of rotatable bonds is 11. The molecule has 0 aliphatic rings. The van der Waals surface area contributed by atoms with E-state index in [1.807, 2.05) is 48.5 Å². The molecule has 3 aromatic carbocycles. The monoisotopic (exact) mass is 603 g/mol. The molecule has 44 heavy (non-hydrogen) atoms. The zero-order chi connectivity index (χ0) is 31.7. The molecule has 1 heterocycles. The molecule has 0 aliphatic carbocycles. The maximum atomic E-state index is 13.4. The smallest absolute Gasteiger partial charge is 0.407 e. The first-order valence-electron chi connectivity index (χ1n) is 14.4. The van der Waals surface area contributed by atoms with Gasteiger partial charge in [0, 0.05) is 26.2 Å². The Morgan fingerprint density at radius 1 is 0.932 bits per heavy atom. The standard InChI is InChI=1S/C33H38FN5O5/c1-33(2,3)44-32(42)37-26(11-8-18-35-31(41)43-21-22-9-6-5-7-10-22)20-36-30(40)29-38-27-19-24(14-17-28(27)39(29)4)23-12-15-25(34)16-13-23/h5-7,9-10,12-17,19,26H,8,11,18,20-21H2,1-4H3,(H,35,41)(H,36,40)(H,37,42)/t26-/m1/s1. The van der Waals surface area contributed by atoms with Gasteiger partial charge in [0.15, 0.2) is 5.82 Å². The van der Waals surface area contributed by atoms with Gasteiger partial charge in [-0.25, -0.2) is 19.0 Å². The lowest BCUT2D eigenvalue weighted by Crippen LogP contribution is -2.46. The molecule has 3 N–H and O–H groups in total. The third-order valence-electron chi connectivity index (χ3n) is 6.70. The van der Waals surface area contributed by atoms with Crippen LogP contribution in [0.3, 0.4) is 0 Å². The Hall–Kier alpha value is -4.93. The summed E-state index contributed by atoms with van der Waals surface area (Å²) in [6, 6.07) is 20.7. The number of halogens is 1. The Kier molecular flexibility index (Phi) is 10.5. The number of hydrogen-bond acceptors (Lipinski definition) is 6. The number of aryl methyl sites for hydroxylation is 1. The molecular formula is C33H38FN5O5. The first kappa shape index (κ1) is 32.0. The molecular weight excluding hydrogens is 565 g/mol. The number of nitrogens with one attached hydrogen (secondary N) is 3. The molecule has 4 rings (SSSR count). The number of amides is 3. The summed E-state index contributed by atoms with van der Waals surface area (Å²) in [5.74, 6) is -0.524. The average molecular weight is 604 g/mol. The molecule has 0 fully saturated rings. The van der Waals surface area contributed by atoms with Crippen molar-refractivity contribution in [1.29, 1.82) is 0 Å². The number of fused-ring (bicyclic) bond motifs is 1. The molecule has 0 spiro atoms. The number of benzene rings is 3. The molecule has 0 aliphatic heterocycles. The lowest BCUT2D eigenvalue weighted by atomic mass is 10.1. The second kappa shape index (κ2) is 14.5. The summed E-state index contributed by atoms with van der Waals surface area (Å²) in [4.78, 5) is 42.3. The fraction of sp³-hybridized carbons (Fsp3) is 0.333. The van der Waals surface area contributed by atoms with E-state index in [4.69, 9.17) is 9.47 Å². The normalized spacial score (nSPS) is 11.9. The predicted molar refractivity (Wildman–Crippen MR) is 165 cm³/mol. The van der Waals surface area contributed by atoms with Crippen LogP contribution >= 0.6 is 0 Å². The quantitative estimate of drug-likeness (QED) is 0.189. The van der Waals surface area contributed by atoms with Crippen LogP contribution in [0.4, 0.5) is 14.0 Å². The third-order valence-corrected chi connectivity index (χ3v) is 6.70. The van der Waals surface area contributed by atoms with E-state index >= 15 is 0 Å². The number of carbonyl (C=O) groups excluding carboxylic acids is 3. The Labute approximate surface area is 256 Å². The zero-order valence-electron chi connectivity index (χ0n) is 25.4. The minimum absolute atomic E-state index is 0.112. The number of ether oxygens (including phenoxy) is 2. The molecule has 232 valence electrons. The van der Waals surface area contributed by atoms with Crippen LogP contribution in [0.1, 0.15) is 49.8 Å². The minimum Gasteiger partial charge on any atom is -0.445 e. The molecule has 1 atom stereocenters. The summed E-state index contributed by atoms with van der Waals surface area (Å²) in [5, 5.41) is 8.38. The third kappa shape index (κ3) is 9.29. The van der Waals surface area contributed by atoms with Crippen LogP contribution in [0.5, 0.6) is 0 Å². The highest BCUT2D eigenvalue weighted by molar-refractivity contribution is 5.95. The van der Waals surface area contributed by atoms with Crippen LogP contribution in [0.15, 0.2) is 72.8 Å². The first-order valence-corrected chi connectivity index (χ1v) is 14.4. The largest absolute Gasteiger partial charge is 0.445 e. The van der Waals surface area contributed by atoms with Crippen molar-refractivity contribution in [2.24, 2.45) is 7.05 Å². The molecule has 0 unspecified atom stereocenters. The number of hydrogen-bond donors (Lipinski definition) is 3. The highest BCUT2D eigenvalue weighted by Gasteiger charge is 2.22. The number of nitrogens with zero attached hydrogens (tertiary/aromatic N) is 2. The molecule has 0 saturated carbocycles. The van der Waals surface area contributed by atoms with Gasteiger partial charge >= 0.3 is 12.2 Å². The van der Waals surface area contributed by atoms with Gasteiger partial charge in [0.2, 0.25) is 0 Å². The van der Waals surface area contributed by atoms with Crippen LogP contribution in [-0.2, 0) is 23.1 Å². The highest BCUT2D eigenvalue weighted by Crippen LogP contribution is 2.25. The van der Waals surface area contributed by atoms with Crippen molar-refractivity contribution in [2.45, 2.75) is 51.9 Å². The van der Waals surface area contributed by atoms with Crippen LogP contribution < -0.4 is 16.0 Å². The van der Waals surface area contributed by atoms with E-state index in [0.29, 0.717) is 24.9 Å². The van der Waals surface area contributed by atoms with Gasteiger partial charge < -0.3 is 30.0 Å². The second-order valence-corrected chi connectivity index (χ2v) is 11.4. The predicted octanol–water partition coefficient (Wildman–Crippen LogP) is 5.71. The topological polar surface area (TPSA) is 124 Å². The minimum atomic E-state index is -0.693. The number of imidazole rings is 1. The summed E-state index contributed by atoms with van der Waals surface area (Å²) in [5.41, 5.74) is 3.25. The maximum absolute atomic E-state index is 13.4. The van der Waals surface area contributed by atoms with Crippen LogP contribution in [0.25, 0.3) is 22.2 Å². The van der Waals surface area contributed by atoms with Gasteiger partial charge in [-0.3, -0.25) is 4.79 Å². The summed E-state index contributed by atoms with van der Waals surface area (Å²) < 4.78 is 25.7. The summed E-state index contributed by atoms with van der Waals surface area (Å²) in [6.45, 7) is 5.89. The Balaban J connectivity index is 1.35. The lowest BCUT2D eigenvalue weighted by Gasteiger charge is -2.24. The van der Waals surface area contributed by atoms with Crippen molar-refractivity contribution in [2.75, 3.05) is 13.1 Å². The van der Waals surface area contributed by atoms with Crippen molar-refractivity contribution in [1.82, 2.24) is 25.5 Å². The molecule has 0 saturated heterocycles. The van der Waals surface area contributed by atoms with E-state index < -0.39 is 29.7 Å². The second-order valence-electron chi connectivity index (χ2n) is 11.4. The fourth-order valence-corrected chi connectivity index (χ4v) is 4.53. The molecule has 0 bridgehead atoms. The van der Waals surface area contributed by atoms with Crippen molar-refractivity contribution < 1.29 is 28.2 Å². The Bertz CT molecular complexity index is 1580. The van der Waals surface area contributed by atoms with Crippen molar-refractivity contribution in [3.8, 4) is 11.1 Å². The molecule has 4 aromatic rings. The first-order chi connectivity index (χ1) is 21.0. The molecule has 11 heteroatoms. The average Bonchev–Trinajstić information content (AvgIpc) is 3.32. The van der Waals surface area contributed by atoms with Gasteiger partial charge in [-0.2, -0.15) is 0 Å². The van der Waals surface area contributed by atoms with E-state index in [0.717, 1.165) is 22.2 Å². The van der Waals surface area contributed by atoms with Gasteiger partial charge in [0.1, 0.15) is 18.0 Å². The SMILES string of the molecule is Cn1c(C(=O)NC[C@@H](CCCNC(=O)OCc2ccccc2)NC(=O)OC(C)(C)C)nc2cc(-c3ccc(F)cc3)ccc21. The summed E-state index contributed by atoms with van der Waals surface area (Å²) in [7, 11) is 1.75. The molecule has 10 nitrogen and oxygen atoms in total. The summed E-state index contributed by atoms with van der Waals surface area (Å²) >= 11 is 0. The van der Waals surface area contributed by atoms with Gasteiger partial charge in [0.05, 0.1) is 11.0 Å². The number of carbonyl (C=O) groups is 3. The van der Waals surface area contributed by atoms with E-state index in [-0.39, 0.29) is 24.8 Å². The number of aromatic nitrogens is 2.